The third kappa shape index (κ3) is 4.77. The second kappa shape index (κ2) is 8.55. The Labute approximate surface area is 162 Å². The molecule has 0 aliphatic heterocycles. The predicted molar refractivity (Wildman–Crippen MR) is 109 cm³/mol. The van der Waals surface area contributed by atoms with Gasteiger partial charge in [-0.3, -0.25) is 5.32 Å². The Morgan fingerprint density at radius 2 is 1.93 bits per heavy atom. The van der Waals surface area contributed by atoms with Crippen LogP contribution in [0.1, 0.15) is 12.5 Å². The molecule has 0 spiro atoms. The zero-order chi connectivity index (χ0) is 19.2. The number of aryl methyl sites for hydroxylation is 1. The summed E-state index contributed by atoms with van der Waals surface area (Å²) in [5.74, 6) is 1.60. The van der Waals surface area contributed by atoms with Crippen LogP contribution in [0, 0.1) is 6.92 Å². The van der Waals surface area contributed by atoms with Gasteiger partial charge in [-0.25, -0.2) is 9.78 Å². The molecule has 1 aromatic heterocycles. The summed E-state index contributed by atoms with van der Waals surface area (Å²) in [7, 11) is 1.65. The van der Waals surface area contributed by atoms with E-state index in [0.29, 0.717) is 17.4 Å². The first-order valence-electron chi connectivity index (χ1n) is 8.50. The zero-order valence-corrected chi connectivity index (χ0v) is 16.2. The molecule has 0 fully saturated rings. The molecule has 0 radical (unpaired) electrons. The van der Waals surface area contributed by atoms with Crippen molar-refractivity contribution >= 4 is 28.2 Å². The molecule has 2 aromatic carbocycles. The smallest absolute Gasteiger partial charge is 0.325 e. The van der Waals surface area contributed by atoms with Crippen LogP contribution in [0.2, 0.25) is 0 Å². The molecular weight excluding hydrogens is 362 g/mol. The van der Waals surface area contributed by atoms with E-state index in [-0.39, 0.29) is 6.03 Å². The van der Waals surface area contributed by atoms with Crippen molar-refractivity contribution < 1.29 is 14.3 Å². The Kier molecular flexibility index (Phi) is 5.93. The lowest BCUT2D eigenvalue weighted by Gasteiger charge is -2.07. The highest BCUT2D eigenvalue weighted by Gasteiger charge is 2.10. The molecular formula is C20H21N3O3S. The predicted octanol–water partition coefficient (Wildman–Crippen LogP) is 5.17. The second-order valence-electron chi connectivity index (χ2n) is 5.76. The van der Waals surface area contributed by atoms with E-state index in [9.17, 15) is 4.79 Å². The van der Waals surface area contributed by atoms with Gasteiger partial charge in [-0.1, -0.05) is 0 Å². The highest BCUT2D eigenvalue weighted by molar-refractivity contribution is 7.14. The van der Waals surface area contributed by atoms with Crippen molar-refractivity contribution in [1.82, 2.24) is 4.98 Å². The third-order valence-electron chi connectivity index (χ3n) is 3.84. The lowest BCUT2D eigenvalue weighted by Crippen LogP contribution is -2.19. The molecule has 0 saturated heterocycles. The number of thiazole rings is 1. The van der Waals surface area contributed by atoms with E-state index in [1.165, 1.54) is 11.3 Å². The fraction of sp³-hybridized carbons (Fsp3) is 0.200. The first-order chi connectivity index (χ1) is 13.1. The zero-order valence-electron chi connectivity index (χ0n) is 15.4. The van der Waals surface area contributed by atoms with E-state index in [4.69, 9.17) is 9.47 Å². The van der Waals surface area contributed by atoms with Gasteiger partial charge < -0.3 is 14.8 Å². The summed E-state index contributed by atoms with van der Waals surface area (Å²) in [4.78, 5) is 16.7. The maximum atomic E-state index is 12.2. The van der Waals surface area contributed by atoms with Crippen LogP contribution in [-0.4, -0.2) is 24.7 Å². The fourth-order valence-electron chi connectivity index (χ4n) is 2.56. The number of nitrogens with zero attached hydrogens (tertiary/aromatic N) is 1. The quantitative estimate of drug-likeness (QED) is 0.616. The van der Waals surface area contributed by atoms with E-state index < -0.39 is 0 Å². The molecule has 2 N–H and O–H groups in total. The van der Waals surface area contributed by atoms with Crippen LogP contribution in [0.15, 0.2) is 47.8 Å². The highest BCUT2D eigenvalue weighted by Crippen LogP contribution is 2.28. The van der Waals surface area contributed by atoms with Crippen LogP contribution in [0.25, 0.3) is 11.3 Å². The molecule has 7 heteroatoms. The summed E-state index contributed by atoms with van der Waals surface area (Å²) in [6.07, 6.45) is 0. The molecule has 140 valence electrons. The molecule has 0 aliphatic carbocycles. The first-order valence-corrected chi connectivity index (χ1v) is 9.38. The number of benzene rings is 2. The van der Waals surface area contributed by atoms with Gasteiger partial charge in [0.25, 0.3) is 0 Å². The van der Waals surface area contributed by atoms with Gasteiger partial charge in [0.2, 0.25) is 0 Å². The van der Waals surface area contributed by atoms with Gasteiger partial charge in [-0.2, -0.15) is 0 Å². The third-order valence-corrected chi connectivity index (χ3v) is 4.60. The molecule has 0 aliphatic rings. The Balaban J connectivity index is 1.63. The van der Waals surface area contributed by atoms with Crippen LogP contribution in [0.3, 0.4) is 0 Å². The van der Waals surface area contributed by atoms with Crippen molar-refractivity contribution in [1.29, 1.82) is 0 Å². The molecule has 0 saturated carbocycles. The Morgan fingerprint density at radius 3 is 2.59 bits per heavy atom. The van der Waals surface area contributed by atoms with Gasteiger partial charge in [0.1, 0.15) is 11.5 Å². The average molecular weight is 383 g/mol. The molecule has 1 heterocycles. The van der Waals surface area contributed by atoms with E-state index in [1.54, 1.807) is 19.2 Å². The van der Waals surface area contributed by atoms with Crippen molar-refractivity contribution in [2.75, 3.05) is 24.4 Å². The van der Waals surface area contributed by atoms with Crippen molar-refractivity contribution in [2.45, 2.75) is 13.8 Å². The van der Waals surface area contributed by atoms with E-state index >= 15 is 0 Å². The Hall–Kier alpha value is -3.06. The van der Waals surface area contributed by atoms with Crippen LogP contribution < -0.4 is 20.1 Å². The van der Waals surface area contributed by atoms with E-state index in [2.05, 4.69) is 15.6 Å². The second-order valence-corrected chi connectivity index (χ2v) is 6.62. The lowest BCUT2D eigenvalue weighted by atomic mass is 10.1. The van der Waals surface area contributed by atoms with Crippen LogP contribution in [0.4, 0.5) is 15.6 Å². The normalized spacial score (nSPS) is 10.3. The maximum absolute atomic E-state index is 12.2. The minimum absolute atomic E-state index is 0.342. The SMILES string of the molecule is CCOc1ccc(NC(=O)Nc2nc(-c3ccc(OC)c(C)c3)cs2)cc1. The molecule has 6 nitrogen and oxygen atoms in total. The lowest BCUT2D eigenvalue weighted by molar-refractivity contribution is 0.262. The van der Waals surface area contributed by atoms with Crippen molar-refractivity contribution in [3.05, 3.63) is 53.4 Å². The number of carbonyl (C=O) groups is 1. The summed E-state index contributed by atoms with van der Waals surface area (Å²) in [6.45, 7) is 4.51. The van der Waals surface area contributed by atoms with Crippen LogP contribution in [-0.2, 0) is 0 Å². The summed E-state index contributed by atoms with van der Waals surface area (Å²) in [5, 5.41) is 7.98. The molecule has 27 heavy (non-hydrogen) atoms. The number of aromatic nitrogens is 1. The number of hydrogen-bond acceptors (Lipinski definition) is 5. The number of methoxy groups -OCH3 is 1. The monoisotopic (exact) mass is 383 g/mol. The molecule has 3 rings (SSSR count). The molecule has 3 aromatic rings. The maximum Gasteiger partial charge on any atom is 0.325 e. The molecule has 0 unspecified atom stereocenters. The van der Waals surface area contributed by atoms with E-state index in [1.807, 2.05) is 49.6 Å². The van der Waals surface area contributed by atoms with Gasteiger partial charge in [0, 0.05) is 16.6 Å². The summed E-state index contributed by atoms with van der Waals surface area (Å²) in [6, 6.07) is 12.7. The summed E-state index contributed by atoms with van der Waals surface area (Å²) >= 11 is 1.37. The molecule has 0 atom stereocenters. The number of amides is 2. The van der Waals surface area contributed by atoms with Crippen LogP contribution in [0.5, 0.6) is 11.5 Å². The van der Waals surface area contributed by atoms with Gasteiger partial charge in [-0.05, 0) is 61.9 Å². The van der Waals surface area contributed by atoms with Gasteiger partial charge in [0.15, 0.2) is 5.13 Å². The molecule has 2 amide bonds. The molecule has 0 bridgehead atoms. The largest absolute Gasteiger partial charge is 0.496 e. The number of carbonyl (C=O) groups excluding carboxylic acids is 1. The standard InChI is InChI=1S/C20H21N3O3S/c1-4-26-16-8-6-15(7-9-16)21-19(24)23-20-22-17(12-27-20)14-5-10-18(25-3)13(2)11-14/h5-12H,4H2,1-3H3,(H2,21,22,23,24). The first kappa shape index (κ1) is 18.7. The number of urea groups is 1. The topological polar surface area (TPSA) is 72.5 Å². The van der Waals surface area contributed by atoms with E-state index in [0.717, 1.165) is 28.3 Å². The Bertz CT molecular complexity index is 922. The number of nitrogens with one attached hydrogen (secondary N) is 2. The summed E-state index contributed by atoms with van der Waals surface area (Å²) < 4.78 is 10.7. The number of hydrogen-bond donors (Lipinski definition) is 2. The van der Waals surface area contributed by atoms with Gasteiger partial charge >= 0.3 is 6.03 Å². The summed E-state index contributed by atoms with van der Waals surface area (Å²) in [5.41, 5.74) is 3.50. The van der Waals surface area contributed by atoms with Gasteiger partial charge in [-0.15, -0.1) is 11.3 Å². The number of rotatable bonds is 6. The van der Waals surface area contributed by atoms with Gasteiger partial charge in [0.05, 0.1) is 19.4 Å². The fourth-order valence-corrected chi connectivity index (χ4v) is 3.28. The minimum Gasteiger partial charge on any atom is -0.496 e. The number of anilines is 2. The Morgan fingerprint density at radius 1 is 1.15 bits per heavy atom. The van der Waals surface area contributed by atoms with Crippen LogP contribution >= 0.6 is 11.3 Å². The minimum atomic E-state index is -0.342. The highest BCUT2D eigenvalue weighted by atomic mass is 32.1. The average Bonchev–Trinajstić information content (AvgIpc) is 3.12. The van der Waals surface area contributed by atoms with Crippen molar-refractivity contribution in [3.63, 3.8) is 0 Å². The van der Waals surface area contributed by atoms with Crippen molar-refractivity contribution in [3.8, 4) is 22.8 Å². The number of ether oxygens (including phenoxy) is 2. The van der Waals surface area contributed by atoms with Crippen molar-refractivity contribution in [2.24, 2.45) is 0 Å².